The number of carboxylic acids is 1. The Bertz CT molecular complexity index is 583. The molecule has 92 valence electrons. The lowest BCUT2D eigenvalue weighted by atomic mass is 10.2. The molecule has 1 aromatic carbocycles. The number of benzene rings is 1. The van der Waals surface area contributed by atoms with Gasteiger partial charge in [-0.25, -0.2) is 4.79 Å². The molecular weight excluding hydrogens is 234 g/mol. The molecule has 5 nitrogen and oxygen atoms in total. The maximum absolute atomic E-state index is 11.7. The van der Waals surface area contributed by atoms with Crippen molar-refractivity contribution in [2.75, 3.05) is 5.32 Å². The summed E-state index contributed by atoms with van der Waals surface area (Å²) < 4.78 is 4.89. The molecule has 0 atom stereocenters. The van der Waals surface area contributed by atoms with Gasteiger partial charge in [0.2, 0.25) is 5.76 Å². The second-order valence-corrected chi connectivity index (χ2v) is 3.79. The van der Waals surface area contributed by atoms with Crippen LogP contribution in [0.1, 0.15) is 26.7 Å². The first-order chi connectivity index (χ1) is 8.56. The summed E-state index contributed by atoms with van der Waals surface area (Å²) in [4.78, 5) is 22.3. The van der Waals surface area contributed by atoms with Gasteiger partial charge in [0.25, 0.3) is 5.91 Å². The molecule has 2 N–H and O–H groups in total. The van der Waals surface area contributed by atoms with Crippen molar-refractivity contribution in [1.29, 1.82) is 0 Å². The SMILES string of the molecule is Cc1ccc(NC(=O)c2ccc(C(=O)O)o2)cc1. The number of carbonyl (C=O) groups is 2. The highest BCUT2D eigenvalue weighted by atomic mass is 16.4. The van der Waals surface area contributed by atoms with Crippen LogP contribution in [0.3, 0.4) is 0 Å². The van der Waals surface area contributed by atoms with Crippen molar-refractivity contribution in [3.05, 3.63) is 53.5 Å². The molecule has 0 spiro atoms. The summed E-state index contributed by atoms with van der Waals surface area (Å²) in [6.45, 7) is 1.94. The lowest BCUT2D eigenvalue weighted by Crippen LogP contribution is -2.10. The summed E-state index contributed by atoms with van der Waals surface area (Å²) in [7, 11) is 0. The molecule has 5 heteroatoms. The standard InChI is InChI=1S/C13H11NO4/c1-8-2-4-9(5-3-8)14-12(15)10-6-7-11(18-10)13(16)17/h2-7H,1H3,(H,14,15)(H,16,17). The zero-order chi connectivity index (χ0) is 13.1. The van der Waals surface area contributed by atoms with Gasteiger partial charge in [0.15, 0.2) is 5.76 Å². The molecule has 0 bridgehead atoms. The van der Waals surface area contributed by atoms with Crippen LogP contribution < -0.4 is 5.32 Å². The summed E-state index contributed by atoms with van der Waals surface area (Å²) in [5.41, 5.74) is 1.71. The number of hydrogen-bond donors (Lipinski definition) is 2. The summed E-state index contributed by atoms with van der Waals surface area (Å²) >= 11 is 0. The maximum atomic E-state index is 11.7. The van der Waals surface area contributed by atoms with Gasteiger partial charge < -0.3 is 14.8 Å². The molecule has 0 aliphatic rings. The van der Waals surface area contributed by atoms with Crippen LogP contribution in [-0.4, -0.2) is 17.0 Å². The molecule has 1 aromatic heterocycles. The third-order valence-corrected chi connectivity index (χ3v) is 2.35. The fourth-order valence-electron chi connectivity index (χ4n) is 1.40. The Balaban J connectivity index is 2.11. The molecule has 2 aromatic rings. The minimum absolute atomic E-state index is 0.0343. The highest BCUT2D eigenvalue weighted by Crippen LogP contribution is 2.13. The van der Waals surface area contributed by atoms with E-state index < -0.39 is 11.9 Å². The van der Waals surface area contributed by atoms with E-state index in [9.17, 15) is 9.59 Å². The number of rotatable bonds is 3. The summed E-state index contributed by atoms with van der Waals surface area (Å²) in [5.74, 6) is -1.98. The van der Waals surface area contributed by atoms with Crippen molar-refractivity contribution in [1.82, 2.24) is 0 Å². The molecule has 0 radical (unpaired) electrons. The molecule has 1 amide bonds. The van der Waals surface area contributed by atoms with E-state index in [1.807, 2.05) is 19.1 Å². The van der Waals surface area contributed by atoms with Gasteiger partial charge in [-0.15, -0.1) is 0 Å². The number of anilines is 1. The molecule has 0 aliphatic carbocycles. The number of amides is 1. The Morgan fingerprint density at radius 1 is 1.06 bits per heavy atom. The topological polar surface area (TPSA) is 79.5 Å². The van der Waals surface area contributed by atoms with Crippen molar-refractivity contribution in [3.8, 4) is 0 Å². The zero-order valence-corrected chi connectivity index (χ0v) is 9.64. The van der Waals surface area contributed by atoms with Gasteiger partial charge in [0.05, 0.1) is 0 Å². The first kappa shape index (κ1) is 11.9. The van der Waals surface area contributed by atoms with Gasteiger partial charge in [0.1, 0.15) is 0 Å². The van der Waals surface area contributed by atoms with E-state index in [0.29, 0.717) is 5.69 Å². The maximum Gasteiger partial charge on any atom is 0.371 e. The second kappa shape index (κ2) is 4.75. The summed E-state index contributed by atoms with van der Waals surface area (Å²) in [6.07, 6.45) is 0. The average molecular weight is 245 g/mol. The molecule has 1 heterocycles. The van der Waals surface area contributed by atoms with E-state index >= 15 is 0 Å². The minimum Gasteiger partial charge on any atom is -0.475 e. The number of aryl methyl sites for hydroxylation is 1. The molecule has 0 saturated heterocycles. The first-order valence-corrected chi connectivity index (χ1v) is 5.27. The number of aromatic carboxylic acids is 1. The van der Waals surface area contributed by atoms with Crippen LogP contribution in [0, 0.1) is 6.92 Å². The lowest BCUT2D eigenvalue weighted by molar-refractivity contribution is 0.0660. The van der Waals surface area contributed by atoms with E-state index in [0.717, 1.165) is 5.56 Å². The van der Waals surface area contributed by atoms with Gasteiger partial charge in [-0.1, -0.05) is 17.7 Å². The Morgan fingerprint density at radius 3 is 2.22 bits per heavy atom. The average Bonchev–Trinajstić information content (AvgIpc) is 2.81. The van der Waals surface area contributed by atoms with Crippen molar-refractivity contribution in [2.45, 2.75) is 6.92 Å². The quantitative estimate of drug-likeness (QED) is 0.870. The van der Waals surface area contributed by atoms with Crippen LogP contribution >= 0.6 is 0 Å². The van der Waals surface area contributed by atoms with Crippen molar-refractivity contribution >= 4 is 17.6 Å². The minimum atomic E-state index is -1.20. The van der Waals surface area contributed by atoms with Crippen LogP contribution in [0.25, 0.3) is 0 Å². The molecule has 0 unspecified atom stereocenters. The number of nitrogens with one attached hydrogen (secondary N) is 1. The lowest BCUT2D eigenvalue weighted by Gasteiger charge is -2.03. The van der Waals surface area contributed by atoms with Gasteiger partial charge in [-0.05, 0) is 31.2 Å². The Hall–Kier alpha value is -2.56. The molecular formula is C13H11NO4. The van der Waals surface area contributed by atoms with E-state index in [1.54, 1.807) is 12.1 Å². The smallest absolute Gasteiger partial charge is 0.371 e. The van der Waals surface area contributed by atoms with Crippen LogP contribution in [0.15, 0.2) is 40.8 Å². The van der Waals surface area contributed by atoms with Crippen LogP contribution in [-0.2, 0) is 0 Å². The highest BCUT2D eigenvalue weighted by Gasteiger charge is 2.14. The third kappa shape index (κ3) is 2.57. The normalized spacial score (nSPS) is 10.1. The monoisotopic (exact) mass is 245 g/mol. The van der Waals surface area contributed by atoms with E-state index in [2.05, 4.69) is 5.32 Å². The van der Waals surface area contributed by atoms with E-state index in [1.165, 1.54) is 12.1 Å². The number of furan rings is 1. The van der Waals surface area contributed by atoms with Crippen molar-refractivity contribution < 1.29 is 19.1 Å². The Labute approximate surface area is 103 Å². The predicted molar refractivity (Wildman–Crippen MR) is 64.8 cm³/mol. The Kier molecular flexibility index (Phi) is 3.14. The summed E-state index contributed by atoms with van der Waals surface area (Å²) in [5, 5.41) is 11.3. The second-order valence-electron chi connectivity index (χ2n) is 3.79. The highest BCUT2D eigenvalue weighted by molar-refractivity contribution is 6.02. The molecule has 0 saturated carbocycles. The molecule has 0 fully saturated rings. The molecule has 2 rings (SSSR count). The van der Waals surface area contributed by atoms with Crippen LogP contribution in [0.2, 0.25) is 0 Å². The molecule has 0 aliphatic heterocycles. The first-order valence-electron chi connectivity index (χ1n) is 5.27. The fraction of sp³-hybridized carbons (Fsp3) is 0.0769. The van der Waals surface area contributed by atoms with Gasteiger partial charge >= 0.3 is 5.97 Å². The number of hydrogen-bond acceptors (Lipinski definition) is 3. The van der Waals surface area contributed by atoms with E-state index in [4.69, 9.17) is 9.52 Å². The Morgan fingerprint density at radius 2 is 1.67 bits per heavy atom. The largest absolute Gasteiger partial charge is 0.475 e. The fourth-order valence-corrected chi connectivity index (χ4v) is 1.40. The van der Waals surface area contributed by atoms with Crippen molar-refractivity contribution in [2.24, 2.45) is 0 Å². The van der Waals surface area contributed by atoms with Crippen LogP contribution in [0.5, 0.6) is 0 Å². The third-order valence-electron chi connectivity index (χ3n) is 2.35. The predicted octanol–water partition coefficient (Wildman–Crippen LogP) is 2.54. The van der Waals surface area contributed by atoms with Gasteiger partial charge in [-0.3, -0.25) is 4.79 Å². The van der Waals surface area contributed by atoms with Crippen molar-refractivity contribution in [3.63, 3.8) is 0 Å². The summed E-state index contributed by atoms with van der Waals surface area (Å²) in [6, 6.07) is 9.81. The van der Waals surface area contributed by atoms with E-state index in [-0.39, 0.29) is 11.5 Å². The van der Waals surface area contributed by atoms with Crippen LogP contribution in [0.4, 0.5) is 5.69 Å². The number of carbonyl (C=O) groups excluding carboxylic acids is 1. The van der Waals surface area contributed by atoms with Gasteiger partial charge in [-0.2, -0.15) is 0 Å². The zero-order valence-electron chi connectivity index (χ0n) is 9.64. The number of carboxylic acid groups (broad SMARTS) is 1. The molecule has 18 heavy (non-hydrogen) atoms. The van der Waals surface area contributed by atoms with Gasteiger partial charge in [0, 0.05) is 5.69 Å².